The SMILES string of the molecule is COCCNCC(=O)NCC(c1cccc(F)c1)N1CCOCC1. The summed E-state index contributed by atoms with van der Waals surface area (Å²) in [5.74, 6) is -0.348. The van der Waals surface area contributed by atoms with Gasteiger partial charge in [0.05, 0.1) is 32.4 Å². The fourth-order valence-electron chi connectivity index (χ4n) is 2.71. The molecule has 1 unspecified atom stereocenters. The monoisotopic (exact) mass is 339 g/mol. The van der Waals surface area contributed by atoms with Crippen LogP contribution < -0.4 is 10.6 Å². The Labute approximate surface area is 142 Å². The first-order valence-corrected chi connectivity index (χ1v) is 8.24. The number of hydrogen-bond donors (Lipinski definition) is 2. The van der Waals surface area contributed by atoms with Crippen LogP contribution in [0.5, 0.6) is 0 Å². The van der Waals surface area contributed by atoms with Crippen LogP contribution in [0.4, 0.5) is 4.39 Å². The Kier molecular flexibility index (Phi) is 8.11. The zero-order chi connectivity index (χ0) is 17.2. The van der Waals surface area contributed by atoms with Gasteiger partial charge in [-0.1, -0.05) is 12.1 Å². The minimum absolute atomic E-state index is 0.0625. The van der Waals surface area contributed by atoms with Crippen LogP contribution in [0.2, 0.25) is 0 Å². The molecule has 0 saturated carbocycles. The summed E-state index contributed by atoms with van der Waals surface area (Å²) in [7, 11) is 1.62. The van der Waals surface area contributed by atoms with Gasteiger partial charge in [-0.3, -0.25) is 9.69 Å². The van der Waals surface area contributed by atoms with E-state index in [-0.39, 0.29) is 24.3 Å². The van der Waals surface area contributed by atoms with Gasteiger partial charge in [0.1, 0.15) is 5.82 Å². The smallest absolute Gasteiger partial charge is 0.234 e. The largest absolute Gasteiger partial charge is 0.383 e. The zero-order valence-electron chi connectivity index (χ0n) is 14.1. The Bertz CT molecular complexity index is 510. The van der Waals surface area contributed by atoms with E-state index in [9.17, 15) is 9.18 Å². The predicted molar refractivity (Wildman–Crippen MR) is 89.3 cm³/mol. The number of morpholine rings is 1. The minimum atomic E-state index is -0.265. The van der Waals surface area contributed by atoms with Crippen molar-refractivity contribution >= 4 is 5.91 Å². The highest BCUT2D eigenvalue weighted by Gasteiger charge is 2.23. The first kappa shape index (κ1) is 18.8. The topological polar surface area (TPSA) is 62.8 Å². The molecule has 1 aromatic rings. The van der Waals surface area contributed by atoms with Crippen molar-refractivity contribution in [3.8, 4) is 0 Å². The van der Waals surface area contributed by atoms with Crippen LogP contribution in [-0.2, 0) is 14.3 Å². The number of benzene rings is 1. The van der Waals surface area contributed by atoms with Crippen molar-refractivity contribution in [3.05, 3.63) is 35.6 Å². The number of nitrogens with one attached hydrogen (secondary N) is 2. The van der Waals surface area contributed by atoms with Crippen molar-refractivity contribution < 1.29 is 18.7 Å². The summed E-state index contributed by atoms with van der Waals surface area (Å²) >= 11 is 0. The van der Waals surface area contributed by atoms with Gasteiger partial charge >= 0.3 is 0 Å². The molecule has 1 aliphatic heterocycles. The number of rotatable bonds is 9. The molecule has 134 valence electrons. The first-order valence-electron chi connectivity index (χ1n) is 8.24. The number of hydrogen-bond acceptors (Lipinski definition) is 5. The van der Waals surface area contributed by atoms with Gasteiger partial charge in [-0.15, -0.1) is 0 Å². The van der Waals surface area contributed by atoms with E-state index >= 15 is 0 Å². The van der Waals surface area contributed by atoms with Crippen LogP contribution in [0.3, 0.4) is 0 Å². The molecule has 0 radical (unpaired) electrons. The van der Waals surface area contributed by atoms with Crippen molar-refractivity contribution in [1.29, 1.82) is 0 Å². The van der Waals surface area contributed by atoms with Crippen molar-refractivity contribution in [2.45, 2.75) is 6.04 Å². The maximum atomic E-state index is 13.6. The Morgan fingerprint density at radius 1 is 1.42 bits per heavy atom. The third-order valence-electron chi connectivity index (χ3n) is 3.98. The molecule has 1 saturated heterocycles. The van der Waals surface area contributed by atoms with Crippen molar-refractivity contribution in [1.82, 2.24) is 15.5 Å². The number of nitrogens with zero attached hydrogens (tertiary/aromatic N) is 1. The molecule has 2 rings (SSSR count). The summed E-state index contributed by atoms with van der Waals surface area (Å²) in [6, 6.07) is 6.49. The first-order chi connectivity index (χ1) is 11.7. The van der Waals surface area contributed by atoms with Gasteiger partial charge in [0.25, 0.3) is 0 Å². The zero-order valence-corrected chi connectivity index (χ0v) is 14.1. The van der Waals surface area contributed by atoms with Crippen LogP contribution in [0.25, 0.3) is 0 Å². The maximum absolute atomic E-state index is 13.6. The molecule has 0 aliphatic carbocycles. The average molecular weight is 339 g/mol. The lowest BCUT2D eigenvalue weighted by atomic mass is 10.0. The molecule has 2 N–H and O–H groups in total. The molecule has 1 aliphatic rings. The van der Waals surface area contributed by atoms with E-state index < -0.39 is 0 Å². The lowest BCUT2D eigenvalue weighted by molar-refractivity contribution is -0.120. The number of methoxy groups -OCH3 is 1. The van der Waals surface area contributed by atoms with Crippen LogP contribution in [0, 0.1) is 5.82 Å². The third kappa shape index (κ3) is 6.16. The second kappa shape index (κ2) is 10.4. The van der Waals surface area contributed by atoms with Gasteiger partial charge in [0, 0.05) is 33.3 Å². The summed E-state index contributed by atoms with van der Waals surface area (Å²) in [6.45, 7) is 4.70. The molecule has 1 fully saturated rings. The van der Waals surface area contributed by atoms with E-state index in [4.69, 9.17) is 9.47 Å². The molecule has 7 heteroatoms. The number of amides is 1. The second-order valence-electron chi connectivity index (χ2n) is 5.69. The second-order valence-corrected chi connectivity index (χ2v) is 5.69. The van der Waals surface area contributed by atoms with Gasteiger partial charge in [-0.2, -0.15) is 0 Å². The fraction of sp³-hybridized carbons (Fsp3) is 0.588. The van der Waals surface area contributed by atoms with Crippen LogP contribution >= 0.6 is 0 Å². The molecule has 24 heavy (non-hydrogen) atoms. The van der Waals surface area contributed by atoms with Crippen LogP contribution in [0.15, 0.2) is 24.3 Å². The molecule has 0 aromatic heterocycles. The highest BCUT2D eigenvalue weighted by atomic mass is 19.1. The lowest BCUT2D eigenvalue weighted by Crippen LogP contribution is -2.45. The van der Waals surface area contributed by atoms with Crippen LogP contribution in [-0.4, -0.2) is 70.5 Å². The Morgan fingerprint density at radius 3 is 2.92 bits per heavy atom. The predicted octanol–water partition coefficient (Wildman–Crippen LogP) is 0.551. The Hall–Kier alpha value is -1.54. The molecular weight excluding hydrogens is 313 g/mol. The van der Waals surface area contributed by atoms with E-state index in [2.05, 4.69) is 15.5 Å². The van der Waals surface area contributed by atoms with Crippen LogP contribution in [0.1, 0.15) is 11.6 Å². The number of carbonyl (C=O) groups excluding carboxylic acids is 1. The average Bonchev–Trinajstić information content (AvgIpc) is 2.60. The number of carbonyl (C=O) groups is 1. The van der Waals surface area contributed by atoms with E-state index in [1.807, 2.05) is 6.07 Å². The van der Waals surface area contributed by atoms with Crippen molar-refractivity contribution in [2.24, 2.45) is 0 Å². The van der Waals surface area contributed by atoms with Gasteiger partial charge in [-0.25, -0.2) is 4.39 Å². The Morgan fingerprint density at radius 2 is 2.21 bits per heavy atom. The van der Waals surface area contributed by atoms with Gasteiger partial charge < -0.3 is 20.1 Å². The number of ether oxygens (including phenoxy) is 2. The van der Waals surface area contributed by atoms with Crippen molar-refractivity contribution in [2.75, 3.05) is 59.7 Å². The highest BCUT2D eigenvalue weighted by molar-refractivity contribution is 5.78. The molecule has 6 nitrogen and oxygen atoms in total. The van der Waals surface area contributed by atoms with Gasteiger partial charge in [-0.05, 0) is 17.7 Å². The van der Waals surface area contributed by atoms with Crippen molar-refractivity contribution in [3.63, 3.8) is 0 Å². The molecule has 1 aromatic carbocycles. The normalized spacial score (nSPS) is 16.8. The molecule has 1 heterocycles. The minimum Gasteiger partial charge on any atom is -0.383 e. The quantitative estimate of drug-likeness (QED) is 0.644. The summed E-state index contributed by atoms with van der Waals surface area (Å²) < 4.78 is 23.9. The van der Waals surface area contributed by atoms with E-state index in [0.29, 0.717) is 32.9 Å². The highest BCUT2D eigenvalue weighted by Crippen LogP contribution is 2.22. The Balaban J connectivity index is 1.92. The summed E-state index contributed by atoms with van der Waals surface area (Å²) in [5.41, 5.74) is 0.865. The fourth-order valence-corrected chi connectivity index (χ4v) is 2.71. The number of halogens is 1. The lowest BCUT2D eigenvalue weighted by Gasteiger charge is -2.35. The van der Waals surface area contributed by atoms with E-state index in [0.717, 1.165) is 18.7 Å². The summed E-state index contributed by atoms with van der Waals surface area (Å²) in [5, 5.41) is 5.94. The molecule has 1 atom stereocenters. The van der Waals surface area contributed by atoms with E-state index in [1.54, 1.807) is 13.2 Å². The standard InChI is InChI=1S/C17H26FN3O3/c1-23-8-5-19-13-17(22)20-12-16(21-6-9-24-10-7-21)14-3-2-4-15(18)11-14/h2-4,11,16,19H,5-10,12-13H2,1H3,(H,20,22). The molecule has 1 amide bonds. The maximum Gasteiger partial charge on any atom is 0.234 e. The summed E-state index contributed by atoms with van der Waals surface area (Å²) in [4.78, 5) is 14.2. The van der Waals surface area contributed by atoms with Gasteiger partial charge in [0.15, 0.2) is 0 Å². The summed E-state index contributed by atoms with van der Waals surface area (Å²) in [6.07, 6.45) is 0. The molecular formula is C17H26FN3O3. The molecule has 0 bridgehead atoms. The third-order valence-corrected chi connectivity index (χ3v) is 3.98. The van der Waals surface area contributed by atoms with Gasteiger partial charge in [0.2, 0.25) is 5.91 Å². The van der Waals surface area contributed by atoms with E-state index in [1.165, 1.54) is 12.1 Å². The molecule has 0 spiro atoms.